The highest BCUT2D eigenvalue weighted by Crippen LogP contribution is 2.30. The van der Waals surface area contributed by atoms with Gasteiger partial charge in [-0.3, -0.25) is 4.79 Å². The SMILES string of the molecule is CN(Cc1nc(C(F)(F)F)cs1)C(=O)CNCC1CC1. The lowest BCUT2D eigenvalue weighted by Gasteiger charge is -2.16. The minimum Gasteiger partial charge on any atom is -0.338 e. The average molecular weight is 307 g/mol. The van der Waals surface area contributed by atoms with Crippen molar-refractivity contribution in [2.24, 2.45) is 5.92 Å². The molecule has 1 aromatic heterocycles. The van der Waals surface area contributed by atoms with Gasteiger partial charge in [0, 0.05) is 12.4 Å². The number of nitrogens with one attached hydrogen (secondary N) is 1. The molecule has 1 aliphatic rings. The van der Waals surface area contributed by atoms with Gasteiger partial charge in [0.1, 0.15) is 5.01 Å². The van der Waals surface area contributed by atoms with Crippen LogP contribution in [-0.4, -0.2) is 35.9 Å². The number of alkyl halides is 3. The first-order valence-electron chi connectivity index (χ1n) is 6.32. The zero-order valence-corrected chi connectivity index (χ0v) is 11.9. The molecule has 4 nitrogen and oxygen atoms in total. The van der Waals surface area contributed by atoms with Crippen LogP contribution in [0.25, 0.3) is 0 Å². The maximum atomic E-state index is 12.4. The van der Waals surface area contributed by atoms with E-state index in [1.807, 2.05) is 0 Å². The fraction of sp³-hybridized carbons (Fsp3) is 0.667. The van der Waals surface area contributed by atoms with Crippen molar-refractivity contribution in [2.45, 2.75) is 25.6 Å². The maximum Gasteiger partial charge on any atom is 0.434 e. The molecule has 8 heteroatoms. The number of likely N-dealkylation sites (N-methyl/N-ethyl adjacent to an activating group) is 1. The number of amides is 1. The van der Waals surface area contributed by atoms with Crippen LogP contribution < -0.4 is 5.32 Å². The second-order valence-corrected chi connectivity index (χ2v) is 5.89. The molecule has 0 saturated heterocycles. The molecule has 1 fully saturated rings. The lowest BCUT2D eigenvalue weighted by molar-refractivity contribution is -0.140. The molecule has 2 rings (SSSR count). The molecule has 1 saturated carbocycles. The molecule has 0 radical (unpaired) electrons. The Balaban J connectivity index is 1.78. The van der Waals surface area contributed by atoms with Crippen LogP contribution in [0, 0.1) is 5.92 Å². The van der Waals surface area contributed by atoms with Gasteiger partial charge in [-0.25, -0.2) is 4.98 Å². The van der Waals surface area contributed by atoms with Crippen molar-refractivity contribution in [1.82, 2.24) is 15.2 Å². The molecule has 20 heavy (non-hydrogen) atoms. The molecule has 0 atom stereocenters. The molecule has 1 amide bonds. The van der Waals surface area contributed by atoms with Gasteiger partial charge in [0.15, 0.2) is 5.69 Å². The van der Waals surface area contributed by atoms with Crippen LogP contribution in [0.1, 0.15) is 23.5 Å². The third-order valence-electron chi connectivity index (χ3n) is 3.05. The summed E-state index contributed by atoms with van der Waals surface area (Å²) in [5, 5.41) is 4.31. The molecule has 112 valence electrons. The van der Waals surface area contributed by atoms with Crippen molar-refractivity contribution < 1.29 is 18.0 Å². The van der Waals surface area contributed by atoms with E-state index in [2.05, 4.69) is 10.3 Å². The van der Waals surface area contributed by atoms with Gasteiger partial charge in [-0.15, -0.1) is 11.3 Å². The highest BCUT2D eigenvalue weighted by molar-refractivity contribution is 7.09. The fourth-order valence-electron chi connectivity index (χ4n) is 1.64. The minimum atomic E-state index is -4.43. The first-order chi connectivity index (χ1) is 9.36. The second-order valence-electron chi connectivity index (χ2n) is 4.95. The number of rotatable bonds is 6. The molecule has 1 aliphatic carbocycles. The largest absolute Gasteiger partial charge is 0.434 e. The molecular weight excluding hydrogens is 291 g/mol. The summed E-state index contributed by atoms with van der Waals surface area (Å²) < 4.78 is 37.2. The molecule has 0 aliphatic heterocycles. The zero-order valence-electron chi connectivity index (χ0n) is 11.0. The third kappa shape index (κ3) is 4.45. The van der Waals surface area contributed by atoms with E-state index in [1.165, 1.54) is 17.7 Å². The van der Waals surface area contributed by atoms with Gasteiger partial charge in [-0.2, -0.15) is 13.2 Å². The predicted octanol–water partition coefficient (Wildman–Crippen LogP) is 2.12. The normalized spacial score (nSPS) is 15.4. The first-order valence-corrected chi connectivity index (χ1v) is 7.20. The van der Waals surface area contributed by atoms with Gasteiger partial charge in [0.25, 0.3) is 0 Å². The molecule has 0 aromatic carbocycles. The molecule has 0 unspecified atom stereocenters. The summed E-state index contributed by atoms with van der Waals surface area (Å²) in [6, 6.07) is 0. The summed E-state index contributed by atoms with van der Waals surface area (Å²) in [7, 11) is 1.57. The number of thiazole rings is 1. The Morgan fingerprint density at radius 2 is 2.25 bits per heavy atom. The Hall–Kier alpha value is -1.15. The van der Waals surface area contributed by atoms with Crippen molar-refractivity contribution in [2.75, 3.05) is 20.1 Å². The summed E-state index contributed by atoms with van der Waals surface area (Å²) >= 11 is 0.915. The van der Waals surface area contributed by atoms with Crippen LogP contribution in [0.2, 0.25) is 0 Å². The predicted molar refractivity (Wildman–Crippen MR) is 69.2 cm³/mol. The van der Waals surface area contributed by atoms with E-state index < -0.39 is 11.9 Å². The Kier molecular flexibility index (Phi) is 4.64. The van der Waals surface area contributed by atoms with Crippen LogP contribution in [0.4, 0.5) is 13.2 Å². The van der Waals surface area contributed by atoms with E-state index in [-0.39, 0.29) is 24.0 Å². The van der Waals surface area contributed by atoms with E-state index in [4.69, 9.17) is 0 Å². The summed E-state index contributed by atoms with van der Waals surface area (Å²) in [5.74, 6) is 0.538. The van der Waals surface area contributed by atoms with Crippen molar-refractivity contribution >= 4 is 17.2 Å². The van der Waals surface area contributed by atoms with Crippen molar-refractivity contribution in [3.63, 3.8) is 0 Å². The van der Waals surface area contributed by atoms with Crippen LogP contribution in [0.3, 0.4) is 0 Å². The lowest BCUT2D eigenvalue weighted by atomic mass is 10.4. The highest BCUT2D eigenvalue weighted by Gasteiger charge is 2.33. The van der Waals surface area contributed by atoms with Crippen molar-refractivity contribution in [3.8, 4) is 0 Å². The molecular formula is C12H16F3N3OS. The van der Waals surface area contributed by atoms with Crippen LogP contribution >= 0.6 is 11.3 Å². The Labute approximate surface area is 119 Å². The number of carbonyl (C=O) groups is 1. The summed E-state index contributed by atoms with van der Waals surface area (Å²) in [4.78, 5) is 16.7. The lowest BCUT2D eigenvalue weighted by Crippen LogP contribution is -2.35. The van der Waals surface area contributed by atoms with E-state index in [1.54, 1.807) is 7.05 Å². The van der Waals surface area contributed by atoms with Crippen LogP contribution in [0.5, 0.6) is 0 Å². The Morgan fingerprint density at radius 3 is 2.80 bits per heavy atom. The number of hydrogen-bond acceptors (Lipinski definition) is 4. The number of nitrogens with zero attached hydrogens (tertiary/aromatic N) is 2. The third-order valence-corrected chi connectivity index (χ3v) is 3.88. The average Bonchev–Trinajstić information content (AvgIpc) is 3.04. The molecule has 1 N–H and O–H groups in total. The molecule has 0 bridgehead atoms. The molecule has 1 heterocycles. The van der Waals surface area contributed by atoms with Gasteiger partial charge in [-0.05, 0) is 25.3 Å². The van der Waals surface area contributed by atoms with E-state index in [0.717, 1.165) is 23.3 Å². The number of aromatic nitrogens is 1. The summed E-state index contributed by atoms with van der Waals surface area (Å²) in [6.07, 6.45) is -2.02. The first kappa shape index (κ1) is 15.2. The molecule has 1 aromatic rings. The highest BCUT2D eigenvalue weighted by atomic mass is 32.1. The van der Waals surface area contributed by atoms with Gasteiger partial charge in [0.2, 0.25) is 5.91 Å². The quantitative estimate of drug-likeness (QED) is 0.875. The Bertz CT molecular complexity index is 471. The molecule has 0 spiro atoms. The van der Waals surface area contributed by atoms with Crippen molar-refractivity contribution in [1.29, 1.82) is 0 Å². The van der Waals surface area contributed by atoms with E-state index in [0.29, 0.717) is 5.92 Å². The topological polar surface area (TPSA) is 45.2 Å². The summed E-state index contributed by atoms with van der Waals surface area (Å²) in [5.41, 5.74) is -0.898. The summed E-state index contributed by atoms with van der Waals surface area (Å²) in [6.45, 7) is 1.14. The fourth-order valence-corrected chi connectivity index (χ4v) is 2.50. The van der Waals surface area contributed by atoms with Gasteiger partial charge < -0.3 is 10.2 Å². The van der Waals surface area contributed by atoms with Crippen LogP contribution in [0.15, 0.2) is 5.38 Å². The number of carbonyl (C=O) groups excluding carboxylic acids is 1. The van der Waals surface area contributed by atoms with Crippen molar-refractivity contribution in [3.05, 3.63) is 16.1 Å². The monoisotopic (exact) mass is 307 g/mol. The van der Waals surface area contributed by atoms with E-state index >= 15 is 0 Å². The Morgan fingerprint density at radius 1 is 1.55 bits per heavy atom. The smallest absolute Gasteiger partial charge is 0.338 e. The minimum absolute atomic E-state index is 0.102. The zero-order chi connectivity index (χ0) is 14.8. The van der Waals surface area contributed by atoms with Gasteiger partial charge in [0.05, 0.1) is 13.1 Å². The maximum absolute atomic E-state index is 12.4. The number of hydrogen-bond donors (Lipinski definition) is 1. The van der Waals surface area contributed by atoms with Gasteiger partial charge in [-0.1, -0.05) is 0 Å². The van der Waals surface area contributed by atoms with Gasteiger partial charge >= 0.3 is 6.18 Å². The second kappa shape index (κ2) is 6.09. The number of halogens is 3. The van der Waals surface area contributed by atoms with E-state index in [9.17, 15) is 18.0 Å². The standard InChI is InChI=1S/C12H16F3N3OS/c1-18(11(19)5-16-4-8-2-3-8)6-10-17-9(7-20-10)12(13,14)15/h7-8,16H,2-6H2,1H3. The van der Waals surface area contributed by atoms with Crippen LogP contribution in [-0.2, 0) is 17.5 Å².